The second kappa shape index (κ2) is 7.51. The van der Waals surface area contributed by atoms with Crippen LogP contribution in [-0.4, -0.2) is 39.3 Å². The summed E-state index contributed by atoms with van der Waals surface area (Å²) in [5.74, 6) is -0.450. The van der Waals surface area contributed by atoms with Crippen molar-refractivity contribution in [2.45, 2.75) is 26.3 Å². The van der Waals surface area contributed by atoms with Crippen LogP contribution in [0.5, 0.6) is 0 Å². The Morgan fingerprint density at radius 3 is 2.79 bits per heavy atom. The van der Waals surface area contributed by atoms with E-state index in [4.69, 9.17) is 0 Å². The van der Waals surface area contributed by atoms with Gasteiger partial charge >= 0.3 is 0 Å². The van der Waals surface area contributed by atoms with Gasteiger partial charge in [-0.2, -0.15) is 4.98 Å². The Labute approximate surface area is 164 Å². The summed E-state index contributed by atoms with van der Waals surface area (Å²) in [6, 6.07) is 6.68. The molecule has 28 heavy (non-hydrogen) atoms. The lowest BCUT2D eigenvalue weighted by molar-refractivity contribution is -0.116. The minimum atomic E-state index is -0.367. The molecule has 1 fully saturated rings. The molecule has 3 aromatic rings. The number of aromatic nitrogens is 3. The van der Waals surface area contributed by atoms with E-state index in [2.05, 4.69) is 20.2 Å². The molecule has 0 atom stereocenters. The van der Waals surface area contributed by atoms with Crippen molar-refractivity contribution in [1.29, 1.82) is 0 Å². The molecule has 4 rings (SSSR count). The monoisotopic (exact) mass is 397 g/mol. The fourth-order valence-corrected chi connectivity index (χ4v) is 4.18. The Kier molecular flexibility index (Phi) is 4.91. The number of benzene rings is 1. The van der Waals surface area contributed by atoms with Gasteiger partial charge in [-0.25, -0.2) is 4.98 Å². The minimum Gasteiger partial charge on any atom is -0.348 e. The van der Waals surface area contributed by atoms with E-state index in [0.717, 1.165) is 31.1 Å². The quantitative estimate of drug-likeness (QED) is 0.664. The number of anilines is 2. The van der Waals surface area contributed by atoms with Crippen LogP contribution in [0, 0.1) is 0 Å². The van der Waals surface area contributed by atoms with Crippen molar-refractivity contribution in [1.82, 2.24) is 14.5 Å². The van der Waals surface area contributed by atoms with Crippen molar-refractivity contribution in [2.75, 3.05) is 23.3 Å². The predicted octanol–water partition coefficient (Wildman–Crippen LogP) is 2.29. The number of nitrogens with zero attached hydrogens (tertiary/aromatic N) is 4. The predicted molar refractivity (Wildman–Crippen MR) is 108 cm³/mol. The molecule has 0 unspecified atom stereocenters. The molecule has 1 aliphatic rings. The van der Waals surface area contributed by atoms with E-state index in [0.29, 0.717) is 21.6 Å². The minimum absolute atomic E-state index is 0.0824. The summed E-state index contributed by atoms with van der Waals surface area (Å²) in [7, 11) is 0. The smallest absolute Gasteiger partial charge is 0.273 e. The van der Waals surface area contributed by atoms with E-state index in [9.17, 15) is 14.4 Å². The van der Waals surface area contributed by atoms with Gasteiger partial charge < -0.3 is 10.2 Å². The number of ketones is 1. The summed E-state index contributed by atoms with van der Waals surface area (Å²) in [6.07, 6.45) is 3.60. The molecule has 9 heteroatoms. The van der Waals surface area contributed by atoms with Crippen molar-refractivity contribution in [2.24, 2.45) is 0 Å². The van der Waals surface area contributed by atoms with E-state index in [1.807, 2.05) is 0 Å². The lowest BCUT2D eigenvalue weighted by atomic mass is 10.1. The number of Topliss-reactive ketones (excluding diaryl/α,β-unsaturated/α-hetero) is 1. The number of carbonyl (C=O) groups excluding carboxylic acids is 2. The Balaban J connectivity index is 1.53. The molecule has 2 aromatic heterocycles. The fraction of sp³-hybridized carbons (Fsp3) is 0.316. The number of hydrogen-bond acceptors (Lipinski definition) is 7. The van der Waals surface area contributed by atoms with E-state index in [-0.39, 0.29) is 23.8 Å². The zero-order chi connectivity index (χ0) is 19.7. The standard InChI is InChI=1S/C19H19N5O3S/c1-12(25)13-5-4-6-14(9-13)21-15(26)10-24-11-20-17-16(18(24)27)28-19(22-17)23-7-2-3-8-23/h4-6,9,11H,2-3,7-8,10H2,1H3,(H,21,26). The highest BCUT2D eigenvalue weighted by molar-refractivity contribution is 7.22. The zero-order valence-corrected chi connectivity index (χ0v) is 16.2. The average Bonchev–Trinajstić information content (AvgIpc) is 3.34. The van der Waals surface area contributed by atoms with Gasteiger partial charge in [-0.1, -0.05) is 23.5 Å². The molecule has 0 bridgehead atoms. The summed E-state index contributed by atoms with van der Waals surface area (Å²) >= 11 is 1.32. The van der Waals surface area contributed by atoms with Gasteiger partial charge in [0.1, 0.15) is 17.6 Å². The SMILES string of the molecule is CC(=O)c1cccc(NC(=O)Cn2cnc3nc(N4CCCC4)sc3c2=O)c1. The normalized spacial score (nSPS) is 13.8. The number of fused-ring (bicyclic) bond motifs is 1. The third-order valence-corrected chi connectivity index (χ3v) is 5.71. The molecule has 0 radical (unpaired) electrons. The summed E-state index contributed by atoms with van der Waals surface area (Å²) < 4.78 is 1.73. The van der Waals surface area contributed by atoms with Crippen LogP contribution in [0.1, 0.15) is 30.1 Å². The second-order valence-corrected chi connectivity index (χ2v) is 7.68. The van der Waals surface area contributed by atoms with Gasteiger partial charge in [-0.05, 0) is 31.9 Å². The Bertz CT molecular complexity index is 1110. The van der Waals surface area contributed by atoms with Gasteiger partial charge in [0.05, 0.1) is 0 Å². The van der Waals surface area contributed by atoms with Crippen LogP contribution in [-0.2, 0) is 11.3 Å². The first kappa shape index (κ1) is 18.3. The van der Waals surface area contributed by atoms with Gasteiger partial charge in [-0.3, -0.25) is 19.0 Å². The Morgan fingerprint density at radius 2 is 2.04 bits per heavy atom. The van der Waals surface area contributed by atoms with Crippen molar-refractivity contribution in [3.05, 3.63) is 46.5 Å². The highest BCUT2D eigenvalue weighted by atomic mass is 32.1. The lowest BCUT2D eigenvalue weighted by Gasteiger charge is -2.11. The van der Waals surface area contributed by atoms with E-state index in [1.54, 1.807) is 24.3 Å². The van der Waals surface area contributed by atoms with E-state index < -0.39 is 0 Å². The first-order valence-electron chi connectivity index (χ1n) is 9.03. The number of rotatable bonds is 5. The molecule has 1 N–H and O–H groups in total. The molecule has 3 heterocycles. The highest BCUT2D eigenvalue weighted by Crippen LogP contribution is 2.27. The van der Waals surface area contributed by atoms with Crippen LogP contribution < -0.4 is 15.8 Å². The molecule has 8 nitrogen and oxygen atoms in total. The van der Waals surface area contributed by atoms with E-state index >= 15 is 0 Å². The number of hydrogen-bond donors (Lipinski definition) is 1. The van der Waals surface area contributed by atoms with Crippen molar-refractivity contribution in [3.63, 3.8) is 0 Å². The van der Waals surface area contributed by atoms with Crippen LogP contribution in [0.15, 0.2) is 35.4 Å². The molecule has 0 aliphatic carbocycles. The molecule has 1 aliphatic heterocycles. The molecule has 1 aromatic carbocycles. The largest absolute Gasteiger partial charge is 0.348 e. The van der Waals surface area contributed by atoms with Crippen molar-refractivity contribution < 1.29 is 9.59 Å². The van der Waals surface area contributed by atoms with Gasteiger partial charge in [0.2, 0.25) is 5.91 Å². The molecular weight excluding hydrogens is 378 g/mol. The number of carbonyl (C=O) groups is 2. The fourth-order valence-electron chi connectivity index (χ4n) is 3.16. The van der Waals surface area contributed by atoms with Gasteiger partial charge in [0.25, 0.3) is 5.56 Å². The first-order chi connectivity index (χ1) is 13.5. The summed E-state index contributed by atoms with van der Waals surface area (Å²) in [5, 5.41) is 3.52. The first-order valence-corrected chi connectivity index (χ1v) is 9.85. The molecular formula is C19H19N5O3S. The van der Waals surface area contributed by atoms with Crippen molar-refractivity contribution in [3.8, 4) is 0 Å². The van der Waals surface area contributed by atoms with Gasteiger partial charge in [0.15, 0.2) is 16.6 Å². The average molecular weight is 397 g/mol. The topological polar surface area (TPSA) is 97.2 Å². The lowest BCUT2D eigenvalue weighted by Crippen LogP contribution is -2.27. The third-order valence-electron chi connectivity index (χ3n) is 4.62. The second-order valence-electron chi connectivity index (χ2n) is 6.71. The molecule has 0 saturated carbocycles. The van der Waals surface area contributed by atoms with Crippen molar-refractivity contribution >= 4 is 44.2 Å². The summed E-state index contributed by atoms with van der Waals surface area (Å²) in [5.41, 5.74) is 1.16. The van der Waals surface area contributed by atoms with Gasteiger partial charge in [0, 0.05) is 24.3 Å². The van der Waals surface area contributed by atoms with Crippen LogP contribution in [0.25, 0.3) is 10.3 Å². The zero-order valence-electron chi connectivity index (χ0n) is 15.3. The maximum Gasteiger partial charge on any atom is 0.273 e. The molecule has 1 amide bonds. The molecule has 144 valence electrons. The van der Waals surface area contributed by atoms with E-state index in [1.165, 1.54) is 29.2 Å². The summed E-state index contributed by atoms with van der Waals surface area (Å²) in [4.78, 5) is 47.4. The highest BCUT2D eigenvalue weighted by Gasteiger charge is 2.19. The summed E-state index contributed by atoms with van der Waals surface area (Å²) in [6.45, 7) is 3.18. The Hall–Kier alpha value is -3.07. The number of amides is 1. The maximum atomic E-state index is 12.7. The molecule has 1 saturated heterocycles. The van der Waals surface area contributed by atoms with Crippen LogP contribution in [0.3, 0.4) is 0 Å². The maximum absolute atomic E-state index is 12.7. The van der Waals surface area contributed by atoms with Gasteiger partial charge in [-0.15, -0.1) is 0 Å². The van der Waals surface area contributed by atoms with Crippen LogP contribution in [0.4, 0.5) is 10.8 Å². The van der Waals surface area contributed by atoms with Crippen LogP contribution >= 0.6 is 11.3 Å². The van der Waals surface area contributed by atoms with Crippen LogP contribution in [0.2, 0.25) is 0 Å². The third kappa shape index (κ3) is 3.65. The molecule has 0 spiro atoms. The number of thiazole rings is 1. The number of nitrogens with one attached hydrogen (secondary N) is 1. The Morgan fingerprint density at radius 1 is 1.25 bits per heavy atom.